The molecule has 1 rings (SSSR count). The predicted molar refractivity (Wildman–Crippen MR) is 57.4 cm³/mol. The Bertz CT molecular complexity index is 338. The van der Waals surface area contributed by atoms with E-state index in [1.165, 1.54) is 6.07 Å². The molecule has 0 saturated carbocycles. The summed E-state index contributed by atoms with van der Waals surface area (Å²) in [4.78, 5) is 10.5. The third-order valence-electron chi connectivity index (χ3n) is 1.91. The van der Waals surface area contributed by atoms with Gasteiger partial charge in [-0.2, -0.15) is 0 Å². The summed E-state index contributed by atoms with van der Waals surface area (Å²) in [5.41, 5.74) is 0.606. The van der Waals surface area contributed by atoms with Crippen molar-refractivity contribution in [3.63, 3.8) is 0 Å². The van der Waals surface area contributed by atoms with Crippen molar-refractivity contribution >= 4 is 18.9 Å². The van der Waals surface area contributed by atoms with Gasteiger partial charge < -0.3 is 14.8 Å². The van der Waals surface area contributed by atoms with Crippen molar-refractivity contribution in [1.82, 2.24) is 0 Å². The normalized spacial score (nSPS) is 9.80. The molecule has 4 nitrogen and oxygen atoms in total. The summed E-state index contributed by atoms with van der Waals surface area (Å²) < 4.78 is 5.31. The van der Waals surface area contributed by atoms with Crippen molar-refractivity contribution in [2.45, 2.75) is 13.3 Å². The Kier molecular flexibility index (Phi) is 4.33. The maximum atomic E-state index is 10.5. The lowest BCUT2D eigenvalue weighted by molar-refractivity contribution is 0.112. The van der Waals surface area contributed by atoms with Crippen LogP contribution in [0.3, 0.4) is 0 Å². The predicted octanol–water partition coefficient (Wildman–Crippen LogP) is -0.0323. The van der Waals surface area contributed by atoms with Crippen LogP contribution in [0.25, 0.3) is 0 Å². The van der Waals surface area contributed by atoms with Crippen LogP contribution in [0.1, 0.15) is 23.7 Å². The van der Waals surface area contributed by atoms with E-state index in [0.29, 0.717) is 24.2 Å². The zero-order valence-electron chi connectivity index (χ0n) is 8.51. The van der Waals surface area contributed by atoms with Gasteiger partial charge in [0.1, 0.15) is 12.0 Å². The van der Waals surface area contributed by atoms with Crippen molar-refractivity contribution in [3.05, 3.63) is 23.8 Å². The molecule has 0 unspecified atom stereocenters. The summed E-state index contributed by atoms with van der Waals surface area (Å²) in [5.74, 6) is 0.400. The Morgan fingerprint density at radius 1 is 1.47 bits per heavy atom. The number of benzene rings is 1. The van der Waals surface area contributed by atoms with E-state index in [2.05, 4.69) is 0 Å². The third kappa shape index (κ3) is 3.07. The van der Waals surface area contributed by atoms with Crippen molar-refractivity contribution in [3.8, 4) is 5.75 Å². The molecule has 15 heavy (non-hydrogen) atoms. The summed E-state index contributed by atoms with van der Waals surface area (Å²) >= 11 is 0. The molecule has 2 N–H and O–H groups in total. The van der Waals surface area contributed by atoms with Crippen LogP contribution in [0.4, 0.5) is 0 Å². The highest BCUT2D eigenvalue weighted by atomic mass is 16.5. The Balaban J connectivity index is 2.98. The first-order chi connectivity index (χ1) is 7.19. The maximum absolute atomic E-state index is 10.5. The van der Waals surface area contributed by atoms with Gasteiger partial charge in [-0.3, -0.25) is 4.79 Å². The Hall–Kier alpha value is -1.33. The van der Waals surface area contributed by atoms with Crippen molar-refractivity contribution in [1.29, 1.82) is 0 Å². The SMILES string of the molecule is CCCOc1ccc(C=O)cc1B(O)O. The number of aldehydes is 1. The molecule has 0 heterocycles. The van der Waals surface area contributed by atoms with Crippen LogP contribution in [-0.2, 0) is 0 Å². The number of hydrogen-bond acceptors (Lipinski definition) is 4. The van der Waals surface area contributed by atoms with Gasteiger partial charge >= 0.3 is 7.12 Å². The average Bonchev–Trinajstić information content (AvgIpc) is 2.26. The van der Waals surface area contributed by atoms with E-state index in [9.17, 15) is 4.79 Å². The molecule has 1 aromatic carbocycles. The van der Waals surface area contributed by atoms with Crippen LogP contribution in [0.15, 0.2) is 18.2 Å². The van der Waals surface area contributed by atoms with Gasteiger partial charge in [0.05, 0.1) is 6.61 Å². The minimum Gasteiger partial charge on any atom is -0.494 e. The quantitative estimate of drug-likeness (QED) is 0.526. The van der Waals surface area contributed by atoms with Gasteiger partial charge in [0, 0.05) is 11.0 Å². The number of rotatable bonds is 5. The summed E-state index contributed by atoms with van der Waals surface area (Å²) in [7, 11) is -1.63. The van der Waals surface area contributed by atoms with Crippen molar-refractivity contribution in [2.24, 2.45) is 0 Å². The van der Waals surface area contributed by atoms with E-state index in [0.717, 1.165) is 6.42 Å². The monoisotopic (exact) mass is 208 g/mol. The van der Waals surface area contributed by atoms with Crippen LogP contribution < -0.4 is 10.2 Å². The molecular weight excluding hydrogens is 195 g/mol. The van der Waals surface area contributed by atoms with Crippen molar-refractivity contribution in [2.75, 3.05) is 6.61 Å². The fraction of sp³-hybridized carbons (Fsp3) is 0.300. The average molecular weight is 208 g/mol. The molecular formula is C10H13BO4. The molecule has 0 radical (unpaired) electrons. The summed E-state index contributed by atoms with van der Waals surface area (Å²) in [6.45, 7) is 2.45. The lowest BCUT2D eigenvalue weighted by atomic mass is 9.79. The summed E-state index contributed by atoms with van der Waals surface area (Å²) in [5, 5.41) is 18.2. The van der Waals surface area contributed by atoms with Crippen LogP contribution in [-0.4, -0.2) is 30.1 Å². The number of carbonyl (C=O) groups excluding carboxylic acids is 1. The first kappa shape index (κ1) is 11.7. The van der Waals surface area contributed by atoms with Crippen LogP contribution in [0.2, 0.25) is 0 Å². The Morgan fingerprint density at radius 3 is 2.73 bits per heavy atom. The standard InChI is InChI=1S/C10H13BO4/c1-2-5-15-10-4-3-8(7-12)6-9(10)11(13)14/h3-4,6-7,13-14H,2,5H2,1H3. The summed E-state index contributed by atoms with van der Waals surface area (Å²) in [6, 6.07) is 4.54. The molecule has 0 aliphatic carbocycles. The fourth-order valence-electron chi connectivity index (χ4n) is 1.19. The van der Waals surface area contributed by atoms with Gasteiger partial charge in [-0.25, -0.2) is 0 Å². The molecule has 80 valence electrons. The minimum absolute atomic E-state index is 0.216. The maximum Gasteiger partial charge on any atom is 0.492 e. The van der Waals surface area contributed by atoms with E-state index in [-0.39, 0.29) is 5.46 Å². The molecule has 0 aliphatic rings. The first-order valence-electron chi connectivity index (χ1n) is 4.77. The van der Waals surface area contributed by atoms with E-state index in [1.807, 2.05) is 6.92 Å². The van der Waals surface area contributed by atoms with Crippen LogP contribution in [0.5, 0.6) is 5.75 Å². The second kappa shape index (κ2) is 5.53. The van der Waals surface area contributed by atoms with E-state index in [4.69, 9.17) is 14.8 Å². The third-order valence-corrected chi connectivity index (χ3v) is 1.91. The van der Waals surface area contributed by atoms with Crippen LogP contribution >= 0.6 is 0 Å². The van der Waals surface area contributed by atoms with E-state index < -0.39 is 7.12 Å². The largest absolute Gasteiger partial charge is 0.494 e. The molecule has 0 spiro atoms. The first-order valence-corrected chi connectivity index (χ1v) is 4.77. The molecule has 0 fully saturated rings. The molecule has 0 bridgehead atoms. The number of carbonyl (C=O) groups is 1. The fourth-order valence-corrected chi connectivity index (χ4v) is 1.19. The highest BCUT2D eigenvalue weighted by Gasteiger charge is 2.17. The highest BCUT2D eigenvalue weighted by molar-refractivity contribution is 6.59. The number of hydrogen-bond donors (Lipinski definition) is 2. The molecule has 0 atom stereocenters. The Labute approximate surface area is 88.6 Å². The minimum atomic E-state index is -1.63. The molecule has 5 heteroatoms. The summed E-state index contributed by atoms with van der Waals surface area (Å²) in [6.07, 6.45) is 1.48. The van der Waals surface area contributed by atoms with Gasteiger partial charge in [-0.1, -0.05) is 6.92 Å². The molecule has 0 saturated heterocycles. The lowest BCUT2D eigenvalue weighted by Crippen LogP contribution is -2.32. The molecule has 1 aromatic rings. The highest BCUT2D eigenvalue weighted by Crippen LogP contribution is 2.09. The second-order valence-electron chi connectivity index (χ2n) is 3.14. The van der Waals surface area contributed by atoms with Gasteiger partial charge in [0.15, 0.2) is 0 Å². The van der Waals surface area contributed by atoms with Gasteiger partial charge in [-0.05, 0) is 24.6 Å². The molecule has 0 aromatic heterocycles. The Morgan fingerprint density at radius 2 is 2.20 bits per heavy atom. The van der Waals surface area contributed by atoms with Crippen molar-refractivity contribution < 1.29 is 19.6 Å². The smallest absolute Gasteiger partial charge is 0.492 e. The van der Waals surface area contributed by atoms with Crippen LogP contribution in [0, 0.1) is 0 Å². The lowest BCUT2D eigenvalue weighted by Gasteiger charge is -2.10. The zero-order chi connectivity index (χ0) is 11.3. The van der Waals surface area contributed by atoms with E-state index >= 15 is 0 Å². The topological polar surface area (TPSA) is 66.8 Å². The van der Waals surface area contributed by atoms with E-state index in [1.54, 1.807) is 12.1 Å². The van der Waals surface area contributed by atoms with Gasteiger partial charge in [0.2, 0.25) is 0 Å². The zero-order valence-corrected chi connectivity index (χ0v) is 8.51. The second-order valence-corrected chi connectivity index (χ2v) is 3.14. The number of ether oxygens (including phenoxy) is 1. The van der Waals surface area contributed by atoms with Gasteiger partial charge in [-0.15, -0.1) is 0 Å². The molecule has 0 amide bonds. The molecule has 0 aliphatic heterocycles. The van der Waals surface area contributed by atoms with Gasteiger partial charge in [0.25, 0.3) is 0 Å².